The van der Waals surface area contributed by atoms with Crippen molar-refractivity contribution in [2.45, 2.75) is 18.7 Å². The summed E-state index contributed by atoms with van der Waals surface area (Å²) in [5.74, 6) is 0.897. The Morgan fingerprint density at radius 3 is 2.56 bits per heavy atom. The Hall–Kier alpha value is -3.30. The van der Waals surface area contributed by atoms with Crippen LogP contribution in [0.25, 0.3) is 22.2 Å². The summed E-state index contributed by atoms with van der Waals surface area (Å²) in [4.78, 5) is 4.56. The van der Waals surface area contributed by atoms with Gasteiger partial charge in [-0.25, -0.2) is 13.4 Å². The average Bonchev–Trinajstić information content (AvgIpc) is 3.15. The predicted molar refractivity (Wildman–Crippen MR) is 124 cm³/mol. The molecular formula is C22H21ClN4O4S. The van der Waals surface area contributed by atoms with Crippen LogP contribution in [-0.2, 0) is 10.0 Å². The van der Waals surface area contributed by atoms with Crippen LogP contribution in [0.2, 0.25) is 5.02 Å². The summed E-state index contributed by atoms with van der Waals surface area (Å²) in [6, 6.07) is 13.2. The van der Waals surface area contributed by atoms with Crippen LogP contribution in [0.1, 0.15) is 12.6 Å². The molecule has 10 heteroatoms. The highest BCUT2D eigenvalue weighted by Crippen LogP contribution is 2.32. The monoisotopic (exact) mass is 472 g/mol. The molecule has 0 aliphatic rings. The second-order valence-electron chi connectivity index (χ2n) is 6.97. The van der Waals surface area contributed by atoms with E-state index in [1.807, 2.05) is 19.9 Å². The molecule has 0 saturated carbocycles. The number of H-pyrrole nitrogens is 1. The van der Waals surface area contributed by atoms with Gasteiger partial charge in [0.15, 0.2) is 0 Å². The molecular weight excluding hydrogens is 452 g/mol. The van der Waals surface area contributed by atoms with E-state index in [1.165, 1.54) is 19.2 Å². The number of anilines is 1. The van der Waals surface area contributed by atoms with E-state index in [-0.39, 0.29) is 9.92 Å². The Balaban J connectivity index is 1.64. The van der Waals surface area contributed by atoms with E-state index in [4.69, 9.17) is 21.1 Å². The number of nitrogens with zero attached hydrogens (tertiary/aromatic N) is 2. The molecule has 32 heavy (non-hydrogen) atoms. The Morgan fingerprint density at radius 1 is 1.12 bits per heavy atom. The molecule has 0 spiro atoms. The average molecular weight is 473 g/mol. The second kappa shape index (κ2) is 8.68. The largest absolute Gasteiger partial charge is 0.497 e. The van der Waals surface area contributed by atoms with Crippen LogP contribution in [0.5, 0.6) is 11.6 Å². The third-order valence-electron chi connectivity index (χ3n) is 4.83. The number of ether oxygens (including phenoxy) is 2. The Kier molecular flexibility index (Phi) is 5.94. The van der Waals surface area contributed by atoms with E-state index in [0.29, 0.717) is 29.6 Å². The molecule has 2 heterocycles. The van der Waals surface area contributed by atoms with E-state index in [2.05, 4.69) is 19.9 Å². The first kappa shape index (κ1) is 21.9. The Morgan fingerprint density at radius 2 is 1.88 bits per heavy atom. The van der Waals surface area contributed by atoms with Gasteiger partial charge < -0.3 is 9.47 Å². The molecule has 0 unspecified atom stereocenters. The van der Waals surface area contributed by atoms with Gasteiger partial charge in [-0.15, -0.1) is 0 Å². The van der Waals surface area contributed by atoms with Gasteiger partial charge >= 0.3 is 0 Å². The number of hydrogen-bond acceptors (Lipinski definition) is 6. The standard InChI is InChI=1S/C22H21ClN4O4S/c1-4-31-22-21-13(2)25-26-19(21)12-18(24-22)14-5-7-15(8-6-14)27-32(28,29)20-11-16(30-3)9-10-17(20)23/h5-12,27H,4H2,1-3H3,(H,25,26). The molecule has 0 fully saturated rings. The molecule has 2 N–H and O–H groups in total. The number of methoxy groups -OCH3 is 1. The highest BCUT2D eigenvalue weighted by molar-refractivity contribution is 7.92. The number of benzene rings is 2. The highest BCUT2D eigenvalue weighted by atomic mass is 35.5. The molecule has 8 nitrogen and oxygen atoms in total. The zero-order chi connectivity index (χ0) is 22.9. The van der Waals surface area contributed by atoms with Gasteiger partial charge in [-0.2, -0.15) is 5.10 Å². The number of aromatic nitrogens is 3. The molecule has 0 amide bonds. The fourth-order valence-electron chi connectivity index (χ4n) is 3.27. The third kappa shape index (κ3) is 4.21. The van der Waals surface area contributed by atoms with Gasteiger partial charge in [-0.1, -0.05) is 23.7 Å². The van der Waals surface area contributed by atoms with Crippen molar-refractivity contribution in [3.8, 4) is 22.9 Å². The summed E-state index contributed by atoms with van der Waals surface area (Å²) < 4.78 is 39.0. The first-order valence-electron chi connectivity index (χ1n) is 9.77. The lowest BCUT2D eigenvalue weighted by Gasteiger charge is -2.12. The fourth-order valence-corrected chi connectivity index (χ4v) is 4.85. The van der Waals surface area contributed by atoms with Crippen LogP contribution in [-0.4, -0.2) is 37.3 Å². The summed E-state index contributed by atoms with van der Waals surface area (Å²) in [6.07, 6.45) is 0. The maximum Gasteiger partial charge on any atom is 0.263 e. The minimum atomic E-state index is -3.91. The first-order chi connectivity index (χ1) is 15.3. The maximum absolute atomic E-state index is 12.8. The topological polar surface area (TPSA) is 106 Å². The van der Waals surface area contributed by atoms with Crippen molar-refractivity contribution < 1.29 is 17.9 Å². The van der Waals surface area contributed by atoms with Gasteiger partial charge in [0, 0.05) is 23.0 Å². The van der Waals surface area contributed by atoms with E-state index >= 15 is 0 Å². The molecule has 0 saturated heterocycles. The molecule has 0 aliphatic carbocycles. The zero-order valence-electron chi connectivity index (χ0n) is 17.6. The van der Waals surface area contributed by atoms with Gasteiger partial charge in [-0.05, 0) is 44.2 Å². The molecule has 0 radical (unpaired) electrons. The molecule has 166 valence electrons. The van der Waals surface area contributed by atoms with Crippen molar-refractivity contribution in [1.82, 2.24) is 15.2 Å². The molecule has 0 aliphatic heterocycles. The molecule has 2 aromatic heterocycles. The number of sulfonamides is 1. The van der Waals surface area contributed by atoms with E-state index in [1.54, 1.807) is 30.3 Å². The van der Waals surface area contributed by atoms with Crippen LogP contribution in [0.4, 0.5) is 5.69 Å². The van der Waals surface area contributed by atoms with Crippen LogP contribution in [0.3, 0.4) is 0 Å². The number of halogens is 1. The smallest absolute Gasteiger partial charge is 0.263 e. The van der Waals surface area contributed by atoms with Gasteiger partial charge in [0.05, 0.1) is 35.3 Å². The minimum absolute atomic E-state index is 0.0648. The molecule has 4 rings (SSSR count). The SMILES string of the molecule is CCOc1nc(-c2ccc(NS(=O)(=O)c3cc(OC)ccc3Cl)cc2)cc2n[nH]c(C)c12. The van der Waals surface area contributed by atoms with Crippen LogP contribution < -0.4 is 14.2 Å². The van der Waals surface area contributed by atoms with E-state index < -0.39 is 10.0 Å². The summed E-state index contributed by atoms with van der Waals surface area (Å²) in [6.45, 7) is 4.28. The van der Waals surface area contributed by atoms with E-state index in [9.17, 15) is 8.42 Å². The van der Waals surface area contributed by atoms with Gasteiger partial charge in [0.1, 0.15) is 10.6 Å². The third-order valence-corrected chi connectivity index (χ3v) is 6.69. The van der Waals surface area contributed by atoms with Crippen molar-refractivity contribution in [3.05, 3.63) is 59.2 Å². The van der Waals surface area contributed by atoms with Gasteiger partial charge in [0.25, 0.3) is 10.0 Å². The maximum atomic E-state index is 12.8. The van der Waals surface area contributed by atoms with Crippen LogP contribution in [0.15, 0.2) is 53.4 Å². The number of fused-ring (bicyclic) bond motifs is 1. The summed E-state index contributed by atoms with van der Waals surface area (Å²) in [7, 11) is -2.45. The van der Waals surface area contributed by atoms with Crippen molar-refractivity contribution in [2.75, 3.05) is 18.4 Å². The number of rotatable bonds is 7. The number of aryl methyl sites for hydroxylation is 1. The number of pyridine rings is 1. The van der Waals surface area contributed by atoms with E-state index in [0.717, 1.165) is 22.2 Å². The molecule has 2 aromatic carbocycles. The number of hydrogen-bond donors (Lipinski definition) is 2. The van der Waals surface area contributed by atoms with Crippen molar-refractivity contribution >= 4 is 38.2 Å². The quantitative estimate of drug-likeness (QED) is 0.400. The summed E-state index contributed by atoms with van der Waals surface area (Å²) in [5, 5.41) is 8.21. The lowest BCUT2D eigenvalue weighted by atomic mass is 10.1. The van der Waals surface area contributed by atoms with Gasteiger partial charge in [-0.3, -0.25) is 9.82 Å². The Bertz CT molecular complexity index is 1390. The molecule has 0 atom stereocenters. The normalized spacial score (nSPS) is 11.5. The molecule has 0 bridgehead atoms. The molecule has 4 aromatic rings. The first-order valence-corrected chi connectivity index (χ1v) is 11.6. The number of aromatic amines is 1. The lowest BCUT2D eigenvalue weighted by Crippen LogP contribution is -2.13. The summed E-state index contributed by atoms with van der Waals surface area (Å²) in [5.41, 5.74) is 3.46. The summed E-state index contributed by atoms with van der Waals surface area (Å²) >= 11 is 6.10. The van der Waals surface area contributed by atoms with Gasteiger partial charge in [0.2, 0.25) is 5.88 Å². The lowest BCUT2D eigenvalue weighted by molar-refractivity contribution is 0.331. The minimum Gasteiger partial charge on any atom is -0.497 e. The second-order valence-corrected chi connectivity index (χ2v) is 9.03. The zero-order valence-corrected chi connectivity index (χ0v) is 19.2. The highest BCUT2D eigenvalue weighted by Gasteiger charge is 2.19. The van der Waals surface area contributed by atoms with Crippen molar-refractivity contribution in [1.29, 1.82) is 0 Å². The Labute approximate surface area is 190 Å². The fraction of sp³-hybridized carbons (Fsp3) is 0.182. The van der Waals surface area contributed by atoms with Crippen LogP contribution >= 0.6 is 11.6 Å². The number of nitrogens with one attached hydrogen (secondary N) is 2. The van der Waals surface area contributed by atoms with Crippen molar-refractivity contribution in [3.63, 3.8) is 0 Å². The predicted octanol–water partition coefficient (Wildman–Crippen LogP) is 4.79. The van der Waals surface area contributed by atoms with Crippen molar-refractivity contribution in [2.24, 2.45) is 0 Å². The van der Waals surface area contributed by atoms with Crippen LogP contribution in [0, 0.1) is 6.92 Å².